The summed E-state index contributed by atoms with van der Waals surface area (Å²) in [6, 6.07) is 5.44. The van der Waals surface area contributed by atoms with Crippen LogP contribution in [-0.4, -0.2) is 33.7 Å². The number of carbonyl (C=O) groups excluding carboxylic acids is 2. The molecule has 1 N–H and O–H groups in total. The van der Waals surface area contributed by atoms with Gasteiger partial charge < -0.3 is 14.6 Å². The summed E-state index contributed by atoms with van der Waals surface area (Å²) in [5.74, 6) is -0.982. The van der Waals surface area contributed by atoms with Crippen LogP contribution in [0.4, 0.5) is 0 Å². The quantitative estimate of drug-likeness (QED) is 0.686. The summed E-state index contributed by atoms with van der Waals surface area (Å²) < 4.78 is 10.7. The minimum Gasteiger partial charge on any atom is -0.449 e. The number of hydrogen-bond donors (Lipinski definition) is 1. The Labute approximate surface area is 160 Å². The van der Waals surface area contributed by atoms with Gasteiger partial charge in [0.1, 0.15) is 0 Å². The third-order valence-electron chi connectivity index (χ3n) is 3.76. The van der Waals surface area contributed by atoms with Crippen molar-refractivity contribution < 1.29 is 18.8 Å². The Bertz CT molecular complexity index is 986. The van der Waals surface area contributed by atoms with Gasteiger partial charge in [-0.3, -0.25) is 4.79 Å². The van der Waals surface area contributed by atoms with E-state index in [1.54, 1.807) is 13.0 Å². The van der Waals surface area contributed by atoms with Gasteiger partial charge in [0.05, 0.1) is 27.2 Å². The lowest BCUT2D eigenvalue weighted by atomic mass is 10.1. The fourth-order valence-corrected chi connectivity index (χ4v) is 3.24. The average Bonchev–Trinajstić information content (AvgIpc) is 3.22. The summed E-state index contributed by atoms with van der Waals surface area (Å²) in [6.45, 7) is 8.85. The number of rotatable bonds is 4. The normalized spacial score (nSPS) is 12.8. The Morgan fingerprint density at radius 2 is 2.07 bits per heavy atom. The van der Waals surface area contributed by atoms with E-state index in [0.717, 1.165) is 4.88 Å². The molecule has 1 atom stereocenters. The van der Waals surface area contributed by atoms with Crippen molar-refractivity contribution in [1.29, 1.82) is 0 Å². The lowest BCUT2D eigenvalue weighted by molar-refractivity contribution is -0.130. The number of aromatic nitrogens is 2. The summed E-state index contributed by atoms with van der Waals surface area (Å²) in [6.07, 6.45) is -0.940. The molecule has 0 aliphatic carbocycles. The molecule has 0 aromatic carbocycles. The van der Waals surface area contributed by atoms with Crippen molar-refractivity contribution in [3.05, 3.63) is 34.8 Å². The van der Waals surface area contributed by atoms with Crippen molar-refractivity contribution in [2.75, 3.05) is 0 Å². The fourth-order valence-electron chi connectivity index (χ4n) is 2.56. The van der Waals surface area contributed by atoms with Crippen LogP contribution in [0.2, 0.25) is 0 Å². The van der Waals surface area contributed by atoms with Crippen LogP contribution in [0, 0.1) is 6.92 Å². The molecular weight excluding hydrogens is 366 g/mol. The van der Waals surface area contributed by atoms with Gasteiger partial charge >= 0.3 is 5.97 Å². The fraction of sp³-hybridized carbons (Fsp3) is 0.368. The molecule has 0 aliphatic heterocycles. The van der Waals surface area contributed by atoms with Gasteiger partial charge in [-0.1, -0.05) is 11.2 Å². The van der Waals surface area contributed by atoms with Crippen LogP contribution < -0.4 is 5.32 Å². The number of fused-ring (bicyclic) bond motifs is 1. The van der Waals surface area contributed by atoms with Crippen molar-refractivity contribution >= 4 is 34.3 Å². The Morgan fingerprint density at radius 1 is 1.33 bits per heavy atom. The Balaban J connectivity index is 1.94. The first-order chi connectivity index (χ1) is 12.7. The summed E-state index contributed by atoms with van der Waals surface area (Å²) in [5.41, 5.74) is 1.25. The van der Waals surface area contributed by atoms with Crippen LogP contribution in [-0.2, 0) is 9.53 Å². The predicted molar refractivity (Wildman–Crippen MR) is 103 cm³/mol. The molecule has 3 rings (SSSR count). The lowest BCUT2D eigenvalue weighted by Crippen LogP contribution is -2.46. The monoisotopic (exact) mass is 387 g/mol. The summed E-state index contributed by atoms with van der Waals surface area (Å²) >= 11 is 1.50. The van der Waals surface area contributed by atoms with E-state index >= 15 is 0 Å². The predicted octanol–water partition coefficient (Wildman–Crippen LogP) is 3.72. The van der Waals surface area contributed by atoms with E-state index in [9.17, 15) is 9.59 Å². The molecule has 3 heterocycles. The van der Waals surface area contributed by atoms with Crippen LogP contribution >= 0.6 is 11.3 Å². The third-order valence-corrected chi connectivity index (χ3v) is 4.65. The summed E-state index contributed by atoms with van der Waals surface area (Å²) in [5, 5.41) is 9.11. The zero-order valence-corrected chi connectivity index (χ0v) is 16.6. The van der Waals surface area contributed by atoms with Gasteiger partial charge in [-0.2, -0.15) is 0 Å². The standard InChI is InChI=1S/C19H21N3O4S/c1-10-15-12(18(24)25-11(2)16(23)21-19(3,4)5)9-13(14-7-6-8-27-14)20-17(15)26-22-10/h6-9,11H,1-5H3,(H,21,23). The topological polar surface area (TPSA) is 94.3 Å². The highest BCUT2D eigenvalue weighted by Gasteiger charge is 2.26. The van der Waals surface area contributed by atoms with Gasteiger partial charge in [0.25, 0.3) is 11.6 Å². The van der Waals surface area contributed by atoms with Crippen LogP contribution in [0.15, 0.2) is 28.1 Å². The Morgan fingerprint density at radius 3 is 2.70 bits per heavy atom. The zero-order chi connectivity index (χ0) is 19.8. The number of aryl methyl sites for hydroxylation is 1. The van der Waals surface area contributed by atoms with Gasteiger partial charge in [0, 0.05) is 5.54 Å². The Kier molecular flexibility index (Phi) is 5.01. The molecule has 0 aliphatic rings. The number of thiophene rings is 1. The van der Waals surface area contributed by atoms with E-state index in [1.165, 1.54) is 18.3 Å². The van der Waals surface area contributed by atoms with Crippen LogP contribution in [0.5, 0.6) is 0 Å². The van der Waals surface area contributed by atoms with Gasteiger partial charge in [0.2, 0.25) is 0 Å². The Hall–Kier alpha value is -2.74. The number of amides is 1. The molecule has 0 radical (unpaired) electrons. The maximum absolute atomic E-state index is 12.8. The molecule has 0 bridgehead atoms. The van der Waals surface area contributed by atoms with E-state index in [4.69, 9.17) is 9.26 Å². The highest BCUT2D eigenvalue weighted by atomic mass is 32.1. The SMILES string of the molecule is Cc1noc2nc(-c3cccs3)cc(C(=O)OC(C)C(=O)NC(C)(C)C)c12. The first-order valence-corrected chi connectivity index (χ1v) is 9.37. The number of ether oxygens (including phenoxy) is 1. The molecule has 0 saturated heterocycles. The van der Waals surface area contributed by atoms with Crippen molar-refractivity contribution in [3.63, 3.8) is 0 Å². The summed E-state index contributed by atoms with van der Waals surface area (Å²) in [7, 11) is 0. The summed E-state index contributed by atoms with van der Waals surface area (Å²) in [4.78, 5) is 30.4. The molecule has 142 valence electrons. The molecule has 0 saturated carbocycles. The maximum atomic E-state index is 12.8. The first kappa shape index (κ1) is 19.0. The number of esters is 1. The number of nitrogens with zero attached hydrogens (tertiary/aromatic N) is 2. The minimum absolute atomic E-state index is 0.261. The van der Waals surface area contributed by atoms with Gasteiger partial charge in [-0.25, -0.2) is 9.78 Å². The number of hydrogen-bond acceptors (Lipinski definition) is 7. The van der Waals surface area contributed by atoms with E-state index in [2.05, 4.69) is 15.5 Å². The number of nitrogens with one attached hydrogen (secondary N) is 1. The van der Waals surface area contributed by atoms with Crippen molar-refractivity contribution in [3.8, 4) is 10.6 Å². The third kappa shape index (κ3) is 4.16. The first-order valence-electron chi connectivity index (χ1n) is 8.49. The molecule has 0 fully saturated rings. The smallest absolute Gasteiger partial charge is 0.339 e. The molecule has 8 heteroatoms. The van der Waals surface area contributed by atoms with Gasteiger partial charge in [-0.15, -0.1) is 11.3 Å². The second kappa shape index (κ2) is 7.11. The van der Waals surface area contributed by atoms with E-state index < -0.39 is 17.6 Å². The molecular formula is C19H21N3O4S. The molecule has 1 amide bonds. The lowest BCUT2D eigenvalue weighted by Gasteiger charge is -2.23. The largest absolute Gasteiger partial charge is 0.449 e. The molecule has 3 aromatic rings. The molecule has 1 unspecified atom stereocenters. The van der Waals surface area contributed by atoms with Crippen molar-refractivity contribution in [2.45, 2.75) is 46.3 Å². The zero-order valence-electron chi connectivity index (χ0n) is 15.8. The highest BCUT2D eigenvalue weighted by Crippen LogP contribution is 2.30. The van der Waals surface area contributed by atoms with Crippen molar-refractivity contribution in [1.82, 2.24) is 15.5 Å². The van der Waals surface area contributed by atoms with E-state index in [0.29, 0.717) is 16.8 Å². The van der Waals surface area contributed by atoms with Crippen LogP contribution in [0.1, 0.15) is 43.7 Å². The maximum Gasteiger partial charge on any atom is 0.339 e. The molecule has 27 heavy (non-hydrogen) atoms. The number of carbonyl (C=O) groups is 2. The highest BCUT2D eigenvalue weighted by molar-refractivity contribution is 7.13. The van der Waals surface area contributed by atoms with E-state index in [1.807, 2.05) is 38.3 Å². The molecule has 3 aromatic heterocycles. The second-order valence-corrected chi connectivity index (χ2v) is 8.21. The van der Waals surface area contributed by atoms with Crippen LogP contribution in [0.25, 0.3) is 21.7 Å². The number of pyridine rings is 1. The minimum atomic E-state index is -0.940. The van der Waals surface area contributed by atoms with Gasteiger partial charge in [0.15, 0.2) is 6.10 Å². The molecule has 7 nitrogen and oxygen atoms in total. The van der Waals surface area contributed by atoms with Gasteiger partial charge in [-0.05, 0) is 52.1 Å². The average molecular weight is 387 g/mol. The van der Waals surface area contributed by atoms with Crippen molar-refractivity contribution in [2.24, 2.45) is 0 Å². The van der Waals surface area contributed by atoms with E-state index in [-0.39, 0.29) is 17.2 Å². The second-order valence-electron chi connectivity index (χ2n) is 7.27. The van der Waals surface area contributed by atoms with Crippen LogP contribution in [0.3, 0.4) is 0 Å². The molecule has 0 spiro atoms.